The summed E-state index contributed by atoms with van der Waals surface area (Å²) in [5, 5.41) is 0. The summed E-state index contributed by atoms with van der Waals surface area (Å²) in [5.74, 6) is 0.447. The summed E-state index contributed by atoms with van der Waals surface area (Å²) in [7, 11) is -1.52. The van der Waals surface area contributed by atoms with E-state index in [1.807, 2.05) is 24.3 Å². The van der Waals surface area contributed by atoms with Crippen LogP contribution in [0.25, 0.3) is 11.0 Å². The molecule has 1 amide bonds. The van der Waals surface area contributed by atoms with Crippen LogP contribution in [0.3, 0.4) is 0 Å². The second-order valence-electron chi connectivity index (χ2n) is 7.18. The van der Waals surface area contributed by atoms with Gasteiger partial charge in [-0.1, -0.05) is 26.0 Å². The summed E-state index contributed by atoms with van der Waals surface area (Å²) in [6.45, 7) is 4.73. The zero-order valence-electron chi connectivity index (χ0n) is 16.7. The number of hydrogen-bond donors (Lipinski definition) is 1. The second kappa shape index (κ2) is 11.0. The summed E-state index contributed by atoms with van der Waals surface area (Å²) in [5.41, 5.74) is 7.49. The summed E-state index contributed by atoms with van der Waals surface area (Å²) in [6.07, 6.45) is 1.89. The van der Waals surface area contributed by atoms with E-state index in [4.69, 9.17) is 5.73 Å². The highest BCUT2D eigenvalue weighted by Gasteiger charge is 2.19. The van der Waals surface area contributed by atoms with Gasteiger partial charge in [-0.3, -0.25) is 4.79 Å². The lowest BCUT2D eigenvalue weighted by molar-refractivity contribution is -0.130. The van der Waals surface area contributed by atoms with Crippen LogP contribution in [0, 0.1) is 5.92 Å². The van der Waals surface area contributed by atoms with Crippen LogP contribution in [-0.2, 0) is 26.9 Å². The van der Waals surface area contributed by atoms with E-state index < -0.39 is 9.84 Å². The Hall–Kier alpha value is -1.35. The normalized spacial score (nSPS) is 12.4. The third-order valence-corrected chi connectivity index (χ3v) is 5.28. The number of fused-ring (bicyclic) bond motifs is 1. The Morgan fingerprint density at radius 1 is 1.25 bits per heavy atom. The van der Waals surface area contributed by atoms with Gasteiger partial charge in [-0.15, -0.1) is 24.8 Å². The van der Waals surface area contributed by atoms with Crippen molar-refractivity contribution in [2.75, 3.05) is 19.8 Å². The molecule has 0 aliphatic rings. The maximum atomic E-state index is 12.6. The molecule has 7 nitrogen and oxygen atoms in total. The summed E-state index contributed by atoms with van der Waals surface area (Å²) in [6, 6.07) is 7.38. The minimum atomic E-state index is -3.26. The summed E-state index contributed by atoms with van der Waals surface area (Å²) >= 11 is 0. The minimum Gasteiger partial charge on any atom is -0.344 e. The number of hydrogen-bond acceptors (Lipinski definition) is 5. The van der Waals surface area contributed by atoms with Crippen LogP contribution in [0.15, 0.2) is 24.3 Å². The van der Waals surface area contributed by atoms with Crippen molar-refractivity contribution < 1.29 is 13.2 Å². The number of nitrogens with two attached hydrogens (primary N) is 1. The predicted octanol–water partition coefficient (Wildman–Crippen LogP) is 2.26. The van der Waals surface area contributed by atoms with Crippen LogP contribution in [0.5, 0.6) is 0 Å². The van der Waals surface area contributed by atoms with Gasteiger partial charge < -0.3 is 15.2 Å². The molecular formula is C18H30Cl2N4O3S. The number of nitrogens with zero attached hydrogens (tertiary/aromatic N) is 3. The van der Waals surface area contributed by atoms with Crippen molar-refractivity contribution in [3.63, 3.8) is 0 Å². The first-order valence-electron chi connectivity index (χ1n) is 8.70. The van der Waals surface area contributed by atoms with Crippen molar-refractivity contribution in [1.82, 2.24) is 14.5 Å². The second-order valence-corrected chi connectivity index (χ2v) is 9.33. The molecule has 0 fully saturated rings. The van der Waals surface area contributed by atoms with Gasteiger partial charge in [0, 0.05) is 25.9 Å². The molecule has 2 aromatic rings. The molecule has 1 atom stereocenters. The van der Waals surface area contributed by atoms with Crippen LogP contribution in [0.2, 0.25) is 0 Å². The minimum absolute atomic E-state index is 0. The highest BCUT2D eigenvalue weighted by molar-refractivity contribution is 7.89. The Morgan fingerprint density at radius 3 is 2.43 bits per heavy atom. The van der Waals surface area contributed by atoms with Crippen LogP contribution in [-0.4, -0.2) is 54.7 Å². The van der Waals surface area contributed by atoms with Gasteiger partial charge in [0.25, 0.3) is 0 Å². The zero-order chi connectivity index (χ0) is 19.5. The Bertz CT molecular complexity index is 884. The van der Waals surface area contributed by atoms with E-state index in [-0.39, 0.29) is 49.1 Å². The van der Waals surface area contributed by atoms with Gasteiger partial charge in [-0.05, 0) is 24.5 Å². The molecule has 0 aliphatic carbocycles. The van der Waals surface area contributed by atoms with E-state index in [2.05, 4.69) is 18.8 Å². The largest absolute Gasteiger partial charge is 0.344 e. The molecule has 2 rings (SSSR count). The number of carbonyl (C=O) groups excluding carboxylic acids is 1. The molecule has 0 aliphatic heterocycles. The van der Waals surface area contributed by atoms with Gasteiger partial charge in [0.05, 0.1) is 11.0 Å². The highest BCUT2D eigenvalue weighted by Crippen LogP contribution is 2.18. The molecule has 1 aromatic carbocycles. The summed E-state index contributed by atoms with van der Waals surface area (Å²) in [4.78, 5) is 18.7. The van der Waals surface area contributed by atoms with E-state index in [1.54, 1.807) is 16.5 Å². The zero-order valence-corrected chi connectivity index (χ0v) is 19.1. The van der Waals surface area contributed by atoms with E-state index in [1.165, 1.54) is 0 Å². The lowest BCUT2D eigenvalue weighted by atomic mass is 10.0. The lowest BCUT2D eigenvalue weighted by Gasteiger charge is -2.22. The van der Waals surface area contributed by atoms with E-state index in [0.717, 1.165) is 18.2 Å². The Balaban J connectivity index is 0.00000364. The third-order valence-electron chi connectivity index (χ3n) is 4.50. The molecule has 2 N–H and O–H groups in total. The quantitative estimate of drug-likeness (QED) is 0.661. The first-order valence-corrected chi connectivity index (χ1v) is 10.8. The van der Waals surface area contributed by atoms with Crippen molar-refractivity contribution in [2.45, 2.75) is 38.6 Å². The van der Waals surface area contributed by atoms with E-state index >= 15 is 0 Å². The Labute approximate surface area is 179 Å². The number of halogens is 2. The van der Waals surface area contributed by atoms with Crippen LogP contribution in [0.1, 0.15) is 26.1 Å². The summed E-state index contributed by atoms with van der Waals surface area (Å²) < 4.78 is 25.1. The average Bonchev–Trinajstić information content (AvgIpc) is 2.87. The standard InChI is InChI=1S/C18H28N4O3S.2ClH/c1-13(2)14(19)9-10-21(3)18(23)11-22-16-8-6-5-7-15(16)20-17(22)12-26(4,24)25;;/h5-8,13-14H,9-12,19H2,1-4H3;2*1H. The molecule has 1 unspecified atom stereocenters. The number of imidazole rings is 1. The molecule has 10 heteroatoms. The first-order chi connectivity index (χ1) is 12.1. The number of amides is 1. The maximum Gasteiger partial charge on any atom is 0.242 e. The predicted molar refractivity (Wildman–Crippen MR) is 118 cm³/mol. The molecule has 1 aromatic heterocycles. The lowest BCUT2D eigenvalue weighted by Crippen LogP contribution is -2.36. The number of aromatic nitrogens is 2. The SMILES string of the molecule is CC(C)C(N)CCN(C)C(=O)Cn1c(CS(C)(=O)=O)nc2ccccc21.Cl.Cl. The van der Waals surface area contributed by atoms with Gasteiger partial charge in [0.15, 0.2) is 9.84 Å². The van der Waals surface area contributed by atoms with Crippen molar-refractivity contribution in [3.05, 3.63) is 30.1 Å². The third kappa shape index (κ3) is 7.24. The fourth-order valence-corrected chi connectivity index (χ4v) is 3.39. The smallest absolute Gasteiger partial charge is 0.242 e. The first kappa shape index (κ1) is 26.6. The fourth-order valence-electron chi connectivity index (χ4n) is 2.70. The van der Waals surface area contributed by atoms with Crippen molar-refractivity contribution in [1.29, 1.82) is 0 Å². The van der Waals surface area contributed by atoms with E-state index in [0.29, 0.717) is 23.8 Å². The van der Waals surface area contributed by atoms with Gasteiger partial charge >= 0.3 is 0 Å². The Morgan fingerprint density at radius 2 is 1.86 bits per heavy atom. The molecule has 0 saturated heterocycles. The Kier molecular flexibility index (Phi) is 10.5. The van der Waals surface area contributed by atoms with Crippen LogP contribution in [0.4, 0.5) is 0 Å². The van der Waals surface area contributed by atoms with Crippen molar-refractivity contribution in [3.8, 4) is 0 Å². The molecule has 1 heterocycles. The molecule has 0 spiro atoms. The number of rotatable bonds is 8. The molecule has 0 bridgehead atoms. The molecule has 28 heavy (non-hydrogen) atoms. The average molecular weight is 453 g/mol. The van der Waals surface area contributed by atoms with Gasteiger partial charge in [-0.2, -0.15) is 0 Å². The van der Waals surface area contributed by atoms with Gasteiger partial charge in [0.1, 0.15) is 18.1 Å². The molecular weight excluding hydrogens is 423 g/mol. The fraction of sp³-hybridized carbons (Fsp3) is 0.556. The number of carbonyl (C=O) groups is 1. The van der Waals surface area contributed by atoms with Crippen molar-refractivity contribution in [2.24, 2.45) is 11.7 Å². The van der Waals surface area contributed by atoms with Gasteiger partial charge in [0.2, 0.25) is 5.91 Å². The highest BCUT2D eigenvalue weighted by atomic mass is 35.5. The topological polar surface area (TPSA) is 98.3 Å². The number of sulfone groups is 1. The number of likely N-dealkylation sites (N-methyl/N-ethyl adjacent to an activating group) is 1. The van der Waals surface area contributed by atoms with Gasteiger partial charge in [-0.25, -0.2) is 13.4 Å². The van der Waals surface area contributed by atoms with Crippen molar-refractivity contribution >= 4 is 51.6 Å². The molecule has 0 radical (unpaired) electrons. The van der Waals surface area contributed by atoms with E-state index in [9.17, 15) is 13.2 Å². The monoisotopic (exact) mass is 452 g/mol. The maximum absolute atomic E-state index is 12.6. The van der Waals surface area contributed by atoms with Crippen LogP contribution >= 0.6 is 24.8 Å². The molecule has 0 saturated carbocycles. The number of benzene rings is 1. The molecule has 160 valence electrons. The number of para-hydroxylation sites is 2. The van der Waals surface area contributed by atoms with Crippen LogP contribution < -0.4 is 5.73 Å².